The number of piperidine rings is 1. The quantitative estimate of drug-likeness (QED) is 0.857. The van der Waals surface area contributed by atoms with Crippen LogP contribution in [0.2, 0.25) is 0 Å². The number of hydrogen-bond donors (Lipinski definition) is 2. The van der Waals surface area contributed by atoms with Crippen molar-refractivity contribution >= 4 is 11.6 Å². The van der Waals surface area contributed by atoms with Gasteiger partial charge in [-0.05, 0) is 25.0 Å². The average Bonchev–Trinajstić information content (AvgIpc) is 2.36. The molecule has 104 valence electrons. The fraction of sp³-hybridized carbons (Fsp3) is 0.462. The molecule has 0 saturated carbocycles. The smallest absolute Gasteiger partial charge is 0.231 e. The minimum atomic E-state index is -0.566. The molecule has 1 aromatic rings. The minimum Gasteiger partial charge on any atom is -0.371 e. The van der Waals surface area contributed by atoms with E-state index in [1.54, 1.807) is 0 Å². The zero-order chi connectivity index (χ0) is 13.8. The van der Waals surface area contributed by atoms with Crippen LogP contribution in [-0.4, -0.2) is 31.6 Å². The fourth-order valence-electron chi connectivity index (χ4n) is 2.31. The Morgan fingerprint density at radius 2 is 1.84 bits per heavy atom. The Bertz CT molecular complexity index is 439. The molecule has 0 aliphatic carbocycles. The molecule has 4 nitrogen and oxygen atoms in total. The number of nitrogens with one attached hydrogen (secondary N) is 1. The average molecular weight is 269 g/mol. The van der Waals surface area contributed by atoms with Crippen molar-refractivity contribution < 1.29 is 13.6 Å². The predicted octanol–water partition coefficient (Wildman–Crippen LogP) is 1.01. The summed E-state index contributed by atoms with van der Waals surface area (Å²) in [5.41, 5.74) is 5.63. The van der Waals surface area contributed by atoms with Crippen LogP contribution in [0, 0.1) is 11.6 Å². The van der Waals surface area contributed by atoms with Crippen molar-refractivity contribution in [2.24, 2.45) is 5.73 Å². The van der Waals surface area contributed by atoms with Gasteiger partial charge >= 0.3 is 0 Å². The van der Waals surface area contributed by atoms with E-state index in [4.69, 9.17) is 5.73 Å². The molecule has 1 fully saturated rings. The summed E-state index contributed by atoms with van der Waals surface area (Å²) in [6.07, 6.45) is 1.62. The fourth-order valence-corrected chi connectivity index (χ4v) is 2.31. The van der Waals surface area contributed by atoms with Gasteiger partial charge < -0.3 is 16.0 Å². The Hall–Kier alpha value is -1.69. The van der Waals surface area contributed by atoms with Crippen molar-refractivity contribution in [3.63, 3.8) is 0 Å². The summed E-state index contributed by atoms with van der Waals surface area (Å²) in [7, 11) is 0. The van der Waals surface area contributed by atoms with Crippen molar-refractivity contribution in [3.8, 4) is 0 Å². The van der Waals surface area contributed by atoms with Crippen molar-refractivity contribution in [1.29, 1.82) is 0 Å². The highest BCUT2D eigenvalue weighted by Crippen LogP contribution is 2.22. The molecule has 3 N–H and O–H groups in total. The van der Waals surface area contributed by atoms with E-state index in [0.29, 0.717) is 18.8 Å². The largest absolute Gasteiger partial charge is 0.371 e. The summed E-state index contributed by atoms with van der Waals surface area (Å²) in [4.78, 5) is 12.6. The lowest BCUT2D eigenvalue weighted by molar-refractivity contribution is -0.117. The van der Waals surface area contributed by atoms with Crippen molar-refractivity contribution in [2.75, 3.05) is 24.5 Å². The first-order chi connectivity index (χ1) is 9.04. The summed E-state index contributed by atoms with van der Waals surface area (Å²) in [5, 5.41) is 3.07. The molecule has 19 heavy (non-hydrogen) atoms. The number of halogens is 2. The van der Waals surface area contributed by atoms with E-state index in [0.717, 1.165) is 18.9 Å². The Morgan fingerprint density at radius 1 is 1.26 bits per heavy atom. The Labute approximate surface area is 110 Å². The van der Waals surface area contributed by atoms with Gasteiger partial charge in [0, 0.05) is 30.9 Å². The lowest BCUT2D eigenvalue weighted by Crippen LogP contribution is -2.45. The third kappa shape index (κ3) is 3.89. The number of hydrogen-bond acceptors (Lipinski definition) is 3. The summed E-state index contributed by atoms with van der Waals surface area (Å²) >= 11 is 0. The van der Waals surface area contributed by atoms with Crippen molar-refractivity contribution in [3.05, 3.63) is 29.8 Å². The van der Waals surface area contributed by atoms with E-state index < -0.39 is 11.6 Å². The van der Waals surface area contributed by atoms with Gasteiger partial charge in [0.1, 0.15) is 11.6 Å². The molecule has 2 rings (SSSR count). The number of carbonyl (C=O) groups excluding carboxylic acids is 1. The number of nitrogens with zero attached hydrogens (tertiary/aromatic N) is 1. The zero-order valence-electron chi connectivity index (χ0n) is 10.5. The van der Waals surface area contributed by atoms with Gasteiger partial charge in [-0.25, -0.2) is 8.78 Å². The van der Waals surface area contributed by atoms with Crippen LogP contribution in [0.25, 0.3) is 0 Å². The lowest BCUT2D eigenvalue weighted by Gasteiger charge is -2.34. The van der Waals surface area contributed by atoms with E-state index in [2.05, 4.69) is 5.32 Å². The third-order valence-electron chi connectivity index (χ3n) is 3.27. The zero-order valence-corrected chi connectivity index (χ0v) is 10.5. The van der Waals surface area contributed by atoms with Crippen LogP contribution in [0.1, 0.15) is 12.8 Å². The van der Waals surface area contributed by atoms with Crippen LogP contribution in [-0.2, 0) is 4.79 Å². The third-order valence-corrected chi connectivity index (χ3v) is 3.27. The second-order valence-corrected chi connectivity index (χ2v) is 4.74. The highest BCUT2D eigenvalue weighted by atomic mass is 19.1. The molecule has 1 saturated heterocycles. The summed E-state index contributed by atoms with van der Waals surface area (Å²) in [5.74, 6) is -1.51. The van der Waals surface area contributed by atoms with Gasteiger partial charge in [-0.15, -0.1) is 0 Å². The number of carbonyl (C=O) groups is 1. The molecule has 0 radical (unpaired) electrons. The number of nitrogens with two attached hydrogens (primary N) is 1. The second-order valence-electron chi connectivity index (χ2n) is 4.74. The van der Waals surface area contributed by atoms with Crippen molar-refractivity contribution in [1.82, 2.24) is 5.32 Å². The van der Waals surface area contributed by atoms with Gasteiger partial charge in [-0.1, -0.05) is 0 Å². The first kappa shape index (κ1) is 13.7. The molecule has 0 unspecified atom stereocenters. The Kier molecular flexibility index (Phi) is 4.31. The first-order valence-corrected chi connectivity index (χ1v) is 6.27. The molecule has 0 spiro atoms. The number of rotatable bonds is 4. The van der Waals surface area contributed by atoms with Gasteiger partial charge in [0.05, 0.1) is 6.54 Å². The van der Waals surface area contributed by atoms with E-state index in [1.165, 1.54) is 12.1 Å². The van der Waals surface area contributed by atoms with E-state index in [-0.39, 0.29) is 18.5 Å². The summed E-state index contributed by atoms with van der Waals surface area (Å²) < 4.78 is 26.3. The maximum Gasteiger partial charge on any atom is 0.231 e. The second kappa shape index (κ2) is 5.97. The van der Waals surface area contributed by atoms with Crippen LogP contribution in [0.3, 0.4) is 0 Å². The molecule has 1 aliphatic heterocycles. The van der Waals surface area contributed by atoms with E-state index >= 15 is 0 Å². The molecule has 1 amide bonds. The van der Waals surface area contributed by atoms with Gasteiger partial charge in [-0.3, -0.25) is 4.79 Å². The number of anilines is 1. The predicted molar refractivity (Wildman–Crippen MR) is 68.8 cm³/mol. The number of primary amides is 1. The molecular formula is C13H17F2N3O. The van der Waals surface area contributed by atoms with Gasteiger partial charge in [0.2, 0.25) is 5.91 Å². The van der Waals surface area contributed by atoms with Gasteiger partial charge in [0.25, 0.3) is 0 Å². The van der Waals surface area contributed by atoms with Gasteiger partial charge in [0.15, 0.2) is 0 Å². The van der Waals surface area contributed by atoms with Crippen LogP contribution >= 0.6 is 0 Å². The molecule has 6 heteroatoms. The number of amides is 1. The molecular weight excluding hydrogens is 252 g/mol. The normalized spacial score (nSPS) is 16.6. The highest BCUT2D eigenvalue weighted by molar-refractivity contribution is 5.75. The maximum atomic E-state index is 13.1. The number of benzene rings is 1. The van der Waals surface area contributed by atoms with Gasteiger partial charge in [-0.2, -0.15) is 0 Å². The standard InChI is InChI=1S/C13H17F2N3O/c14-9-5-10(15)7-12(6-9)18-3-1-11(2-4-18)17-8-13(16)19/h5-7,11,17H,1-4,8H2,(H2,16,19). The Balaban J connectivity index is 1.90. The summed E-state index contributed by atoms with van der Waals surface area (Å²) in [6.45, 7) is 1.55. The summed E-state index contributed by atoms with van der Waals surface area (Å²) in [6, 6.07) is 3.76. The van der Waals surface area contributed by atoms with Crippen LogP contribution < -0.4 is 16.0 Å². The molecule has 0 atom stereocenters. The van der Waals surface area contributed by atoms with E-state index in [9.17, 15) is 13.6 Å². The maximum absolute atomic E-state index is 13.1. The molecule has 1 heterocycles. The van der Waals surface area contributed by atoms with Crippen molar-refractivity contribution in [2.45, 2.75) is 18.9 Å². The van der Waals surface area contributed by atoms with E-state index in [1.807, 2.05) is 4.90 Å². The van der Waals surface area contributed by atoms with Crippen LogP contribution in [0.5, 0.6) is 0 Å². The Morgan fingerprint density at radius 3 is 2.37 bits per heavy atom. The molecule has 0 bridgehead atoms. The first-order valence-electron chi connectivity index (χ1n) is 6.27. The minimum absolute atomic E-state index is 0.166. The molecule has 1 aliphatic rings. The highest BCUT2D eigenvalue weighted by Gasteiger charge is 2.20. The SMILES string of the molecule is NC(=O)CNC1CCN(c2cc(F)cc(F)c2)CC1. The molecule has 0 aromatic heterocycles. The topological polar surface area (TPSA) is 58.4 Å². The van der Waals surface area contributed by atoms with Crippen LogP contribution in [0.15, 0.2) is 18.2 Å². The van der Waals surface area contributed by atoms with Crippen LogP contribution in [0.4, 0.5) is 14.5 Å². The molecule has 1 aromatic carbocycles. The lowest BCUT2D eigenvalue weighted by atomic mass is 10.0. The monoisotopic (exact) mass is 269 g/mol.